The zero-order valence-electron chi connectivity index (χ0n) is 20.0. The molecule has 2 aromatic heterocycles. The number of fused-ring (bicyclic) bond motifs is 2. The van der Waals surface area contributed by atoms with Crippen molar-refractivity contribution in [3.05, 3.63) is 99.7 Å². The van der Waals surface area contributed by atoms with Crippen LogP contribution in [0.25, 0.3) is 27.0 Å². The van der Waals surface area contributed by atoms with Crippen LogP contribution in [0.1, 0.15) is 15.2 Å². The Kier molecular flexibility index (Phi) is 6.28. The molecule has 6 rings (SSSR count). The van der Waals surface area contributed by atoms with E-state index in [0.29, 0.717) is 51.3 Å². The summed E-state index contributed by atoms with van der Waals surface area (Å²) in [6.45, 7) is 2.96. The topological polar surface area (TPSA) is 70.4 Å². The average molecular weight is 527 g/mol. The van der Waals surface area contributed by atoms with Crippen molar-refractivity contribution < 1.29 is 14.3 Å². The normalized spacial score (nSPS) is 12.6. The fourth-order valence-corrected chi connectivity index (χ4v) is 6.42. The number of benzene rings is 3. The standard InChI is InChI=1S/C29H22N2O4S2/c1-18-25(19-8-4-2-5-9-19)26-27(37-18)30-29(31(28(26)33)21-10-6-3-7-11-21)36-17-22(32)20-12-13-23-24(16-20)35-15-14-34-23/h2-13,16H,14-15,17H2,1H3. The average Bonchev–Trinajstić information content (AvgIpc) is 3.28. The van der Waals surface area contributed by atoms with Crippen LogP contribution in [-0.2, 0) is 0 Å². The van der Waals surface area contributed by atoms with Crippen LogP contribution in [0, 0.1) is 6.92 Å². The third-order valence-corrected chi connectivity index (χ3v) is 8.08. The molecule has 1 aliphatic rings. The van der Waals surface area contributed by atoms with E-state index in [1.54, 1.807) is 22.8 Å². The summed E-state index contributed by atoms with van der Waals surface area (Å²) < 4.78 is 12.8. The lowest BCUT2D eigenvalue weighted by atomic mass is 10.0. The molecule has 3 heterocycles. The van der Waals surface area contributed by atoms with E-state index in [4.69, 9.17) is 14.5 Å². The highest BCUT2D eigenvalue weighted by Gasteiger charge is 2.22. The Bertz CT molecular complexity index is 1680. The summed E-state index contributed by atoms with van der Waals surface area (Å²) in [6.07, 6.45) is 0. The van der Waals surface area contributed by atoms with Gasteiger partial charge in [0.1, 0.15) is 18.0 Å². The van der Waals surface area contributed by atoms with Gasteiger partial charge in [-0.1, -0.05) is 60.3 Å². The van der Waals surface area contributed by atoms with Gasteiger partial charge in [0, 0.05) is 16.0 Å². The first-order chi connectivity index (χ1) is 18.1. The molecule has 0 atom stereocenters. The number of ether oxygens (including phenoxy) is 2. The largest absolute Gasteiger partial charge is 0.486 e. The van der Waals surface area contributed by atoms with Gasteiger partial charge in [0.25, 0.3) is 5.56 Å². The molecule has 3 aromatic carbocycles. The fraction of sp³-hybridized carbons (Fsp3) is 0.138. The number of nitrogens with zero attached hydrogens (tertiary/aromatic N) is 2. The molecule has 0 saturated carbocycles. The minimum absolute atomic E-state index is 0.0803. The number of thiophene rings is 1. The molecule has 0 radical (unpaired) electrons. The molecule has 184 valence electrons. The molecular weight excluding hydrogens is 504 g/mol. The molecule has 0 unspecified atom stereocenters. The van der Waals surface area contributed by atoms with E-state index in [2.05, 4.69) is 0 Å². The maximum atomic E-state index is 14.0. The summed E-state index contributed by atoms with van der Waals surface area (Å²) in [6, 6.07) is 24.6. The van der Waals surface area contributed by atoms with Gasteiger partial charge in [-0.2, -0.15) is 0 Å². The highest BCUT2D eigenvalue weighted by molar-refractivity contribution is 7.99. The van der Waals surface area contributed by atoms with E-state index in [0.717, 1.165) is 16.0 Å². The van der Waals surface area contributed by atoms with Gasteiger partial charge in [0.2, 0.25) is 0 Å². The minimum atomic E-state index is -0.145. The smallest absolute Gasteiger partial charge is 0.268 e. The van der Waals surface area contributed by atoms with Crippen LogP contribution in [0.2, 0.25) is 0 Å². The Morgan fingerprint density at radius 1 is 0.973 bits per heavy atom. The van der Waals surface area contributed by atoms with Crippen molar-refractivity contribution in [2.24, 2.45) is 0 Å². The summed E-state index contributed by atoms with van der Waals surface area (Å²) in [7, 11) is 0. The fourth-order valence-electron chi connectivity index (χ4n) is 4.43. The number of carbonyl (C=O) groups is 1. The van der Waals surface area contributed by atoms with Crippen molar-refractivity contribution in [3.63, 3.8) is 0 Å². The summed E-state index contributed by atoms with van der Waals surface area (Å²) in [5, 5.41) is 1.08. The highest BCUT2D eigenvalue weighted by Crippen LogP contribution is 2.37. The number of carbonyl (C=O) groups excluding carboxylic acids is 1. The van der Waals surface area contributed by atoms with Crippen molar-refractivity contribution in [3.8, 4) is 28.3 Å². The van der Waals surface area contributed by atoms with E-state index >= 15 is 0 Å². The molecule has 0 aliphatic carbocycles. The van der Waals surface area contributed by atoms with Gasteiger partial charge in [-0.15, -0.1) is 11.3 Å². The molecule has 0 N–H and O–H groups in total. The molecule has 37 heavy (non-hydrogen) atoms. The van der Waals surface area contributed by atoms with Crippen LogP contribution in [-0.4, -0.2) is 34.3 Å². The number of Topliss-reactive ketones (excluding diaryl/α,β-unsaturated/α-hetero) is 1. The Hall–Kier alpha value is -3.88. The second-order valence-corrected chi connectivity index (χ2v) is 10.7. The number of rotatable bonds is 6. The Morgan fingerprint density at radius 2 is 1.68 bits per heavy atom. The minimum Gasteiger partial charge on any atom is -0.486 e. The van der Waals surface area contributed by atoms with Gasteiger partial charge < -0.3 is 9.47 Å². The molecule has 0 amide bonds. The van der Waals surface area contributed by atoms with Crippen LogP contribution in [0.3, 0.4) is 0 Å². The molecule has 0 fully saturated rings. The molecule has 5 aromatic rings. The van der Waals surface area contributed by atoms with Crippen molar-refractivity contribution >= 4 is 39.1 Å². The van der Waals surface area contributed by atoms with Gasteiger partial charge in [0.15, 0.2) is 22.4 Å². The van der Waals surface area contributed by atoms with Crippen LogP contribution in [0.5, 0.6) is 11.5 Å². The first-order valence-electron chi connectivity index (χ1n) is 11.8. The van der Waals surface area contributed by atoms with Crippen LogP contribution >= 0.6 is 23.1 Å². The highest BCUT2D eigenvalue weighted by atomic mass is 32.2. The lowest BCUT2D eigenvalue weighted by molar-refractivity contribution is 0.102. The summed E-state index contributed by atoms with van der Waals surface area (Å²) >= 11 is 2.76. The zero-order chi connectivity index (χ0) is 25.4. The number of ketones is 1. The number of aryl methyl sites for hydroxylation is 1. The second kappa shape index (κ2) is 9.88. The number of thioether (sulfide) groups is 1. The molecule has 0 saturated heterocycles. The third-order valence-electron chi connectivity index (χ3n) is 6.14. The monoisotopic (exact) mass is 526 g/mol. The Labute approximate surface area is 221 Å². The Balaban J connectivity index is 1.42. The zero-order valence-corrected chi connectivity index (χ0v) is 21.6. The first-order valence-corrected chi connectivity index (χ1v) is 13.6. The van der Waals surface area contributed by atoms with Crippen molar-refractivity contribution in [2.75, 3.05) is 19.0 Å². The lowest BCUT2D eigenvalue weighted by Crippen LogP contribution is -2.22. The van der Waals surface area contributed by atoms with Crippen LogP contribution in [0.4, 0.5) is 0 Å². The molecule has 0 bridgehead atoms. The van der Waals surface area contributed by atoms with E-state index < -0.39 is 0 Å². The van der Waals surface area contributed by atoms with Crippen LogP contribution in [0.15, 0.2) is 88.8 Å². The molecule has 0 spiro atoms. The van der Waals surface area contributed by atoms with Crippen molar-refractivity contribution in [1.29, 1.82) is 0 Å². The molecule has 6 nitrogen and oxygen atoms in total. The van der Waals surface area contributed by atoms with Crippen molar-refractivity contribution in [2.45, 2.75) is 12.1 Å². The molecule has 1 aliphatic heterocycles. The molecular formula is C29H22N2O4S2. The van der Waals surface area contributed by atoms with Gasteiger partial charge in [0.05, 0.1) is 16.8 Å². The van der Waals surface area contributed by atoms with E-state index in [9.17, 15) is 9.59 Å². The number of para-hydroxylation sites is 1. The predicted molar refractivity (Wildman–Crippen MR) is 148 cm³/mol. The first kappa shape index (κ1) is 23.5. The number of hydrogen-bond acceptors (Lipinski definition) is 7. The van der Waals surface area contributed by atoms with Gasteiger partial charge in [-0.3, -0.25) is 14.2 Å². The summed E-state index contributed by atoms with van der Waals surface area (Å²) in [4.78, 5) is 33.7. The maximum absolute atomic E-state index is 14.0. The maximum Gasteiger partial charge on any atom is 0.268 e. The van der Waals surface area contributed by atoms with Gasteiger partial charge in [-0.05, 0) is 42.8 Å². The summed E-state index contributed by atoms with van der Waals surface area (Å²) in [5.41, 5.74) is 2.99. The van der Waals surface area contributed by atoms with Crippen LogP contribution < -0.4 is 15.0 Å². The Morgan fingerprint density at radius 3 is 2.43 bits per heavy atom. The lowest BCUT2D eigenvalue weighted by Gasteiger charge is -2.18. The van der Waals surface area contributed by atoms with Gasteiger partial charge >= 0.3 is 0 Å². The number of hydrogen-bond donors (Lipinski definition) is 0. The predicted octanol–water partition coefficient (Wildman–Crippen LogP) is 6.17. The quantitative estimate of drug-likeness (QED) is 0.150. The third kappa shape index (κ3) is 4.43. The van der Waals surface area contributed by atoms with Crippen molar-refractivity contribution in [1.82, 2.24) is 9.55 Å². The molecule has 8 heteroatoms. The van der Waals surface area contributed by atoms with Gasteiger partial charge in [-0.25, -0.2) is 4.98 Å². The summed E-state index contributed by atoms with van der Waals surface area (Å²) in [5.74, 6) is 1.26. The van der Waals surface area contributed by atoms with E-state index in [-0.39, 0.29) is 17.1 Å². The van der Waals surface area contributed by atoms with E-state index in [1.807, 2.05) is 67.6 Å². The SMILES string of the molecule is Cc1sc2nc(SCC(=O)c3ccc4c(c3)OCCO4)n(-c3ccccc3)c(=O)c2c1-c1ccccc1. The second-order valence-electron chi connectivity index (χ2n) is 8.52. The van der Waals surface area contributed by atoms with E-state index in [1.165, 1.54) is 23.1 Å². The number of aromatic nitrogens is 2.